The van der Waals surface area contributed by atoms with Crippen molar-refractivity contribution in [3.05, 3.63) is 59.4 Å². The lowest BCUT2D eigenvalue weighted by Gasteiger charge is -2.05. The van der Waals surface area contributed by atoms with Crippen LogP contribution in [-0.2, 0) is 12.8 Å². The number of benzene rings is 1. The summed E-state index contributed by atoms with van der Waals surface area (Å²) < 4.78 is 6.61. The molecule has 2 aromatic rings. The zero-order valence-corrected chi connectivity index (χ0v) is 12.7. The summed E-state index contributed by atoms with van der Waals surface area (Å²) in [5, 5.41) is 4.35. The minimum atomic E-state index is -0.0314. The van der Waals surface area contributed by atoms with Gasteiger partial charge in [0.1, 0.15) is 5.75 Å². The Balaban J connectivity index is 2.19. The highest BCUT2D eigenvalue weighted by atomic mass is 16.5. The van der Waals surface area contributed by atoms with Crippen LogP contribution in [0.3, 0.4) is 0 Å². The molecule has 0 spiro atoms. The molecular formula is C17H20N2O2. The number of carbonyl (C=O) groups excluding carboxylic acids is 1. The third-order valence-electron chi connectivity index (χ3n) is 3.54. The predicted molar refractivity (Wildman–Crippen MR) is 82.9 cm³/mol. The Bertz CT molecular complexity index is 654. The first kappa shape index (κ1) is 15.0. The highest BCUT2D eigenvalue weighted by Crippen LogP contribution is 2.16. The number of hydrogen-bond donors (Lipinski definition) is 0. The highest BCUT2D eigenvalue weighted by Gasteiger charge is 2.15. The second kappa shape index (κ2) is 6.39. The fourth-order valence-electron chi connectivity index (χ4n) is 2.35. The molecule has 0 atom stereocenters. The van der Waals surface area contributed by atoms with E-state index in [4.69, 9.17) is 4.74 Å². The zero-order chi connectivity index (χ0) is 15.4. The molecule has 0 amide bonds. The van der Waals surface area contributed by atoms with Crippen molar-refractivity contribution >= 4 is 5.91 Å². The molecule has 1 aromatic carbocycles. The monoisotopic (exact) mass is 284 g/mol. The maximum Gasteiger partial charge on any atom is 0.251 e. The third kappa shape index (κ3) is 3.21. The summed E-state index contributed by atoms with van der Waals surface area (Å²) >= 11 is 0. The second-order valence-corrected chi connectivity index (χ2v) is 4.97. The molecule has 21 heavy (non-hydrogen) atoms. The second-order valence-electron chi connectivity index (χ2n) is 4.97. The van der Waals surface area contributed by atoms with E-state index in [0.717, 1.165) is 34.7 Å². The van der Waals surface area contributed by atoms with Gasteiger partial charge in [0.05, 0.1) is 19.2 Å². The number of nitrogens with zero attached hydrogens (tertiary/aromatic N) is 2. The fraction of sp³-hybridized carbons (Fsp3) is 0.294. The van der Waals surface area contributed by atoms with Gasteiger partial charge in [0, 0.05) is 11.3 Å². The van der Waals surface area contributed by atoms with E-state index in [1.807, 2.05) is 44.2 Å². The van der Waals surface area contributed by atoms with Crippen LogP contribution in [0.5, 0.6) is 5.75 Å². The van der Waals surface area contributed by atoms with E-state index < -0.39 is 0 Å². The van der Waals surface area contributed by atoms with E-state index >= 15 is 0 Å². The van der Waals surface area contributed by atoms with Crippen LogP contribution >= 0.6 is 0 Å². The molecule has 0 N–H and O–H groups in total. The first-order valence-electron chi connectivity index (χ1n) is 6.89. The van der Waals surface area contributed by atoms with Gasteiger partial charge in [-0.2, -0.15) is 5.10 Å². The van der Waals surface area contributed by atoms with E-state index in [1.165, 1.54) is 4.68 Å². The molecule has 0 aliphatic rings. The molecule has 4 heteroatoms. The maximum atomic E-state index is 12.4. The predicted octanol–water partition coefficient (Wildman–Crippen LogP) is 3.12. The number of aromatic nitrogens is 2. The summed E-state index contributed by atoms with van der Waals surface area (Å²) in [6.45, 7) is 7.58. The van der Waals surface area contributed by atoms with Crippen molar-refractivity contribution < 1.29 is 9.53 Å². The lowest BCUT2D eigenvalue weighted by atomic mass is 10.1. The van der Waals surface area contributed by atoms with Crippen molar-refractivity contribution in [3.8, 4) is 5.75 Å². The summed E-state index contributed by atoms with van der Waals surface area (Å²) in [5.41, 5.74) is 3.80. The molecule has 1 aromatic heterocycles. The minimum Gasteiger partial charge on any atom is -0.497 e. The molecule has 0 aliphatic carbocycles. The van der Waals surface area contributed by atoms with E-state index in [2.05, 4.69) is 11.7 Å². The van der Waals surface area contributed by atoms with Gasteiger partial charge in [0.25, 0.3) is 5.91 Å². The SMILES string of the molecule is C=CCc1c(C)nn(C(=O)Cc2ccc(OC)cc2)c1C. The number of aryl methyl sites for hydroxylation is 1. The number of methoxy groups -OCH3 is 1. The summed E-state index contributed by atoms with van der Waals surface area (Å²) in [4.78, 5) is 12.4. The van der Waals surface area contributed by atoms with Gasteiger partial charge in [-0.25, -0.2) is 4.68 Å². The van der Waals surface area contributed by atoms with Gasteiger partial charge in [-0.3, -0.25) is 4.79 Å². The van der Waals surface area contributed by atoms with Crippen LogP contribution in [0.4, 0.5) is 0 Å². The van der Waals surface area contributed by atoms with Crippen LogP contribution in [0, 0.1) is 13.8 Å². The quantitative estimate of drug-likeness (QED) is 0.792. The molecule has 0 unspecified atom stereocenters. The Hall–Kier alpha value is -2.36. The average molecular weight is 284 g/mol. The normalized spacial score (nSPS) is 10.4. The third-order valence-corrected chi connectivity index (χ3v) is 3.54. The molecule has 110 valence electrons. The van der Waals surface area contributed by atoms with Crippen molar-refractivity contribution in [1.82, 2.24) is 9.78 Å². The Morgan fingerprint density at radius 2 is 2.00 bits per heavy atom. The smallest absolute Gasteiger partial charge is 0.251 e. The topological polar surface area (TPSA) is 44.1 Å². The van der Waals surface area contributed by atoms with Gasteiger partial charge >= 0.3 is 0 Å². The number of allylic oxidation sites excluding steroid dienone is 1. The van der Waals surface area contributed by atoms with Crippen molar-refractivity contribution in [1.29, 1.82) is 0 Å². The van der Waals surface area contributed by atoms with E-state index in [1.54, 1.807) is 7.11 Å². The van der Waals surface area contributed by atoms with Crippen molar-refractivity contribution in [2.45, 2.75) is 26.7 Å². The number of carbonyl (C=O) groups is 1. The lowest BCUT2D eigenvalue weighted by molar-refractivity contribution is 0.0895. The minimum absolute atomic E-state index is 0.0314. The van der Waals surface area contributed by atoms with Crippen LogP contribution in [0.2, 0.25) is 0 Å². The molecule has 0 aliphatic heterocycles. The molecule has 0 radical (unpaired) electrons. The standard InChI is InChI=1S/C17H20N2O2/c1-5-6-16-12(2)18-19(13(16)3)17(20)11-14-7-9-15(21-4)10-8-14/h5,7-10H,1,6,11H2,2-4H3. The summed E-state index contributed by atoms with van der Waals surface area (Å²) in [5.74, 6) is 0.752. The van der Waals surface area contributed by atoms with Gasteiger partial charge in [0.15, 0.2) is 0 Å². The highest BCUT2D eigenvalue weighted by molar-refractivity contribution is 5.81. The van der Waals surface area contributed by atoms with E-state index in [0.29, 0.717) is 6.42 Å². The molecule has 0 bridgehead atoms. The van der Waals surface area contributed by atoms with Gasteiger partial charge in [-0.1, -0.05) is 18.2 Å². The Labute approximate surface area is 125 Å². The number of rotatable bonds is 5. The van der Waals surface area contributed by atoms with Crippen LogP contribution in [0.15, 0.2) is 36.9 Å². The van der Waals surface area contributed by atoms with Crippen LogP contribution < -0.4 is 4.74 Å². The number of ether oxygens (including phenoxy) is 1. The number of hydrogen-bond acceptors (Lipinski definition) is 3. The molecule has 0 fully saturated rings. The van der Waals surface area contributed by atoms with Crippen LogP contribution in [0.25, 0.3) is 0 Å². The zero-order valence-electron chi connectivity index (χ0n) is 12.7. The largest absolute Gasteiger partial charge is 0.497 e. The summed E-state index contributed by atoms with van der Waals surface area (Å²) in [7, 11) is 1.62. The van der Waals surface area contributed by atoms with E-state index in [9.17, 15) is 4.79 Å². The summed E-state index contributed by atoms with van der Waals surface area (Å²) in [6, 6.07) is 7.50. The van der Waals surface area contributed by atoms with Gasteiger partial charge in [-0.15, -0.1) is 6.58 Å². The summed E-state index contributed by atoms with van der Waals surface area (Å²) in [6.07, 6.45) is 2.88. The molecule has 4 nitrogen and oxygen atoms in total. The molecule has 0 saturated carbocycles. The average Bonchev–Trinajstić information content (AvgIpc) is 2.76. The van der Waals surface area contributed by atoms with Crippen LogP contribution in [0.1, 0.15) is 27.3 Å². The maximum absolute atomic E-state index is 12.4. The first-order valence-corrected chi connectivity index (χ1v) is 6.89. The molecule has 0 saturated heterocycles. The van der Waals surface area contributed by atoms with Crippen molar-refractivity contribution in [3.63, 3.8) is 0 Å². The lowest BCUT2D eigenvalue weighted by Crippen LogP contribution is -2.16. The van der Waals surface area contributed by atoms with Gasteiger partial charge in [0.2, 0.25) is 0 Å². The van der Waals surface area contributed by atoms with Gasteiger partial charge < -0.3 is 4.74 Å². The van der Waals surface area contributed by atoms with Gasteiger partial charge in [-0.05, 0) is 38.0 Å². The van der Waals surface area contributed by atoms with Crippen LogP contribution in [-0.4, -0.2) is 22.8 Å². The Morgan fingerprint density at radius 1 is 1.33 bits per heavy atom. The van der Waals surface area contributed by atoms with Crippen molar-refractivity contribution in [2.24, 2.45) is 0 Å². The first-order chi connectivity index (χ1) is 10.1. The Kier molecular flexibility index (Phi) is 4.58. The van der Waals surface area contributed by atoms with E-state index in [-0.39, 0.29) is 5.91 Å². The molecule has 2 rings (SSSR count). The molecule has 1 heterocycles. The Morgan fingerprint density at radius 3 is 2.57 bits per heavy atom. The molecular weight excluding hydrogens is 264 g/mol. The fourth-order valence-corrected chi connectivity index (χ4v) is 2.35. The van der Waals surface area contributed by atoms with Crippen molar-refractivity contribution in [2.75, 3.05) is 7.11 Å².